The second kappa shape index (κ2) is 10.4. The zero-order valence-electron chi connectivity index (χ0n) is 16.9. The molecule has 11 heteroatoms. The summed E-state index contributed by atoms with van der Waals surface area (Å²) < 4.78 is 0. The van der Waals surface area contributed by atoms with E-state index in [4.69, 9.17) is 5.11 Å². The number of carbonyl (C=O) groups is 3. The van der Waals surface area contributed by atoms with Crippen molar-refractivity contribution in [2.24, 2.45) is 0 Å². The number of carbonyl (C=O) groups excluding carboxylic acids is 3. The van der Waals surface area contributed by atoms with E-state index >= 15 is 0 Å². The Bertz CT molecular complexity index is 1100. The van der Waals surface area contributed by atoms with Crippen molar-refractivity contribution in [3.63, 3.8) is 0 Å². The SMILES string of the molecule is Cc1ccc(NC(=O)CN2C(=O)SC(=Cc3ccc(SCCO)c([N+](=O)[O-])c3)C2=O)cc1. The van der Waals surface area contributed by atoms with Crippen LogP contribution < -0.4 is 5.32 Å². The van der Waals surface area contributed by atoms with Crippen LogP contribution >= 0.6 is 23.5 Å². The Balaban J connectivity index is 1.73. The lowest BCUT2D eigenvalue weighted by atomic mass is 10.2. The van der Waals surface area contributed by atoms with E-state index in [2.05, 4.69) is 5.32 Å². The molecule has 2 aromatic carbocycles. The van der Waals surface area contributed by atoms with Gasteiger partial charge in [0.05, 0.1) is 21.3 Å². The topological polar surface area (TPSA) is 130 Å². The Labute approximate surface area is 192 Å². The number of hydrogen-bond acceptors (Lipinski definition) is 8. The van der Waals surface area contributed by atoms with Crippen molar-refractivity contribution < 1.29 is 24.4 Å². The highest BCUT2D eigenvalue weighted by Crippen LogP contribution is 2.34. The highest BCUT2D eigenvalue weighted by Gasteiger charge is 2.36. The summed E-state index contributed by atoms with van der Waals surface area (Å²) in [6.45, 7) is 1.36. The fourth-order valence-corrected chi connectivity index (χ4v) is 4.41. The minimum atomic E-state index is -0.638. The van der Waals surface area contributed by atoms with Gasteiger partial charge in [-0.1, -0.05) is 23.8 Å². The predicted octanol–water partition coefficient (Wildman–Crippen LogP) is 3.66. The molecule has 0 saturated carbocycles. The second-order valence-electron chi connectivity index (χ2n) is 6.74. The van der Waals surface area contributed by atoms with E-state index in [-0.39, 0.29) is 17.2 Å². The molecule has 2 N–H and O–H groups in total. The largest absolute Gasteiger partial charge is 0.396 e. The Hall–Kier alpha value is -3.15. The smallest absolute Gasteiger partial charge is 0.294 e. The van der Waals surface area contributed by atoms with E-state index in [1.165, 1.54) is 18.2 Å². The summed E-state index contributed by atoms with van der Waals surface area (Å²) in [5.74, 6) is -0.845. The predicted molar refractivity (Wildman–Crippen MR) is 123 cm³/mol. The first-order chi connectivity index (χ1) is 15.3. The fraction of sp³-hybridized carbons (Fsp3) is 0.190. The molecule has 0 radical (unpaired) electrons. The highest BCUT2D eigenvalue weighted by molar-refractivity contribution is 8.18. The van der Waals surface area contributed by atoms with Crippen molar-refractivity contribution >= 4 is 58.0 Å². The third-order valence-electron chi connectivity index (χ3n) is 4.34. The average molecular weight is 474 g/mol. The maximum atomic E-state index is 12.7. The number of aliphatic hydroxyl groups excluding tert-OH is 1. The summed E-state index contributed by atoms with van der Waals surface area (Å²) in [6.07, 6.45) is 1.39. The van der Waals surface area contributed by atoms with Crippen LogP contribution in [0.25, 0.3) is 6.08 Å². The molecule has 1 saturated heterocycles. The first-order valence-corrected chi connectivity index (χ1v) is 11.2. The van der Waals surface area contributed by atoms with Gasteiger partial charge >= 0.3 is 0 Å². The molecule has 32 heavy (non-hydrogen) atoms. The van der Waals surface area contributed by atoms with Gasteiger partial charge in [-0.15, -0.1) is 11.8 Å². The van der Waals surface area contributed by atoms with Gasteiger partial charge in [0.25, 0.3) is 16.8 Å². The number of nitrogens with zero attached hydrogens (tertiary/aromatic N) is 2. The van der Waals surface area contributed by atoms with Gasteiger partial charge in [0.15, 0.2) is 0 Å². The number of hydrogen-bond donors (Lipinski definition) is 2. The molecular weight excluding hydrogens is 454 g/mol. The number of benzene rings is 2. The molecule has 0 spiro atoms. The fourth-order valence-electron chi connectivity index (χ4n) is 2.81. The van der Waals surface area contributed by atoms with E-state index < -0.39 is 28.5 Å². The van der Waals surface area contributed by atoms with Crippen LogP contribution in [0.4, 0.5) is 16.2 Å². The van der Waals surface area contributed by atoms with E-state index in [1.807, 2.05) is 19.1 Å². The number of aliphatic hydroxyl groups is 1. The molecule has 3 amide bonds. The van der Waals surface area contributed by atoms with Crippen LogP contribution in [0.2, 0.25) is 0 Å². The molecule has 2 aromatic rings. The summed E-state index contributed by atoms with van der Waals surface area (Å²) in [6, 6.07) is 11.5. The molecule has 1 aliphatic rings. The number of thioether (sulfide) groups is 2. The van der Waals surface area contributed by atoms with Crippen LogP contribution in [-0.4, -0.2) is 50.9 Å². The normalized spacial score (nSPS) is 14.8. The number of nitro groups is 1. The second-order valence-corrected chi connectivity index (χ2v) is 8.87. The van der Waals surface area contributed by atoms with Crippen LogP contribution in [0.15, 0.2) is 52.3 Å². The molecule has 166 valence electrons. The van der Waals surface area contributed by atoms with Gasteiger partial charge in [-0.2, -0.15) is 0 Å². The Kier molecular flexibility index (Phi) is 7.67. The summed E-state index contributed by atoms with van der Waals surface area (Å²) in [5.41, 5.74) is 1.79. The highest BCUT2D eigenvalue weighted by atomic mass is 32.2. The monoisotopic (exact) mass is 473 g/mol. The van der Waals surface area contributed by atoms with Gasteiger partial charge in [0, 0.05) is 17.5 Å². The lowest BCUT2D eigenvalue weighted by Crippen LogP contribution is -2.36. The standard InChI is InChI=1S/C21H19N3O6S2/c1-13-2-5-15(6-3-13)22-19(26)12-23-20(27)18(32-21(23)28)11-14-4-7-17(31-9-8-25)16(10-14)24(29)30/h2-7,10-11,25H,8-9,12H2,1H3,(H,22,26). The molecule has 0 bridgehead atoms. The summed E-state index contributed by atoms with van der Waals surface area (Å²) in [7, 11) is 0. The minimum Gasteiger partial charge on any atom is -0.396 e. The summed E-state index contributed by atoms with van der Waals surface area (Å²) in [5, 5.41) is 22.3. The number of rotatable bonds is 8. The quantitative estimate of drug-likeness (QED) is 0.257. The van der Waals surface area contributed by atoms with Gasteiger partial charge < -0.3 is 10.4 Å². The molecule has 0 atom stereocenters. The number of aryl methyl sites for hydroxylation is 1. The lowest BCUT2D eigenvalue weighted by molar-refractivity contribution is -0.387. The van der Waals surface area contributed by atoms with Crippen LogP contribution in [0.3, 0.4) is 0 Å². The summed E-state index contributed by atoms with van der Waals surface area (Å²) in [4.78, 5) is 49.3. The van der Waals surface area contributed by atoms with Crippen molar-refractivity contribution in [1.29, 1.82) is 0 Å². The van der Waals surface area contributed by atoms with Gasteiger partial charge in [-0.25, -0.2) is 0 Å². The van der Waals surface area contributed by atoms with Crippen molar-refractivity contribution in [2.75, 3.05) is 24.2 Å². The first kappa shape index (κ1) is 23.5. The first-order valence-electron chi connectivity index (χ1n) is 9.42. The average Bonchev–Trinajstić information content (AvgIpc) is 3.01. The Morgan fingerprint density at radius 3 is 2.62 bits per heavy atom. The molecule has 0 aromatic heterocycles. The van der Waals surface area contributed by atoms with E-state index in [0.29, 0.717) is 33.7 Å². The molecule has 1 fully saturated rings. The summed E-state index contributed by atoms with van der Waals surface area (Å²) >= 11 is 1.81. The Morgan fingerprint density at radius 2 is 1.97 bits per heavy atom. The molecule has 0 aliphatic carbocycles. The zero-order chi connectivity index (χ0) is 23.3. The molecule has 3 rings (SSSR count). The van der Waals surface area contributed by atoms with Crippen molar-refractivity contribution in [3.05, 3.63) is 68.6 Å². The molecule has 0 unspecified atom stereocenters. The molecular formula is C21H19N3O6S2. The number of imide groups is 1. The van der Waals surface area contributed by atoms with Crippen molar-refractivity contribution in [2.45, 2.75) is 11.8 Å². The third kappa shape index (κ3) is 5.75. The van der Waals surface area contributed by atoms with Gasteiger partial charge in [0.2, 0.25) is 5.91 Å². The van der Waals surface area contributed by atoms with Crippen LogP contribution in [0.1, 0.15) is 11.1 Å². The van der Waals surface area contributed by atoms with Gasteiger partial charge in [-0.3, -0.25) is 29.4 Å². The van der Waals surface area contributed by atoms with E-state index in [9.17, 15) is 24.5 Å². The lowest BCUT2D eigenvalue weighted by Gasteiger charge is -2.12. The van der Waals surface area contributed by atoms with Crippen LogP contribution in [0.5, 0.6) is 0 Å². The Morgan fingerprint density at radius 1 is 1.25 bits per heavy atom. The molecule has 1 heterocycles. The van der Waals surface area contributed by atoms with Gasteiger partial charge in [-0.05, 0) is 48.5 Å². The number of nitro benzene ring substituents is 1. The van der Waals surface area contributed by atoms with E-state index in [1.54, 1.807) is 18.2 Å². The van der Waals surface area contributed by atoms with Crippen LogP contribution in [0, 0.1) is 17.0 Å². The third-order valence-corrected chi connectivity index (χ3v) is 6.29. The van der Waals surface area contributed by atoms with Crippen molar-refractivity contribution in [1.82, 2.24) is 4.90 Å². The zero-order valence-corrected chi connectivity index (χ0v) is 18.6. The number of nitrogens with one attached hydrogen (secondary N) is 1. The van der Waals surface area contributed by atoms with Crippen molar-refractivity contribution in [3.8, 4) is 0 Å². The molecule has 9 nitrogen and oxygen atoms in total. The minimum absolute atomic E-state index is 0.0724. The van der Waals surface area contributed by atoms with Crippen LogP contribution in [-0.2, 0) is 9.59 Å². The van der Waals surface area contributed by atoms with Gasteiger partial charge in [0.1, 0.15) is 6.54 Å². The number of anilines is 1. The van der Waals surface area contributed by atoms with E-state index in [0.717, 1.165) is 22.2 Å². The maximum absolute atomic E-state index is 12.7. The maximum Gasteiger partial charge on any atom is 0.294 e. The number of amides is 3. The molecule has 1 aliphatic heterocycles.